The largest absolute Gasteiger partial charge is 0.493 e. The van der Waals surface area contributed by atoms with E-state index in [4.69, 9.17) is 9.47 Å². The van der Waals surface area contributed by atoms with Crippen molar-refractivity contribution in [3.8, 4) is 11.5 Å². The molecule has 0 bridgehead atoms. The van der Waals surface area contributed by atoms with Gasteiger partial charge in [0.1, 0.15) is 0 Å². The molecule has 1 atom stereocenters. The first-order valence-corrected chi connectivity index (χ1v) is 8.35. The summed E-state index contributed by atoms with van der Waals surface area (Å²) in [5, 5.41) is 3.95. The van der Waals surface area contributed by atoms with Crippen molar-refractivity contribution in [1.29, 1.82) is 0 Å². The molecular formula is C19H27NO2. The maximum absolute atomic E-state index is 5.51. The topological polar surface area (TPSA) is 30.5 Å². The second-order valence-electron chi connectivity index (χ2n) is 6.65. The molecule has 0 aromatic heterocycles. The van der Waals surface area contributed by atoms with Gasteiger partial charge in [-0.3, -0.25) is 0 Å². The summed E-state index contributed by atoms with van der Waals surface area (Å²) in [6, 6.07) is 4.66. The summed E-state index contributed by atoms with van der Waals surface area (Å²) in [6.45, 7) is 3.94. The number of rotatable bonds is 4. The Kier molecular flexibility index (Phi) is 4.44. The summed E-state index contributed by atoms with van der Waals surface area (Å²) in [4.78, 5) is 0. The number of hydrogen-bond acceptors (Lipinski definition) is 3. The number of hydrogen-bond donors (Lipinski definition) is 1. The fraction of sp³-hybridized carbons (Fsp3) is 0.579. The lowest BCUT2D eigenvalue weighted by Gasteiger charge is -2.46. The quantitative estimate of drug-likeness (QED) is 0.847. The van der Waals surface area contributed by atoms with E-state index in [-0.39, 0.29) is 5.54 Å². The predicted octanol–water partition coefficient (Wildman–Crippen LogP) is 4.17. The Bertz CT molecular complexity index is 547. The van der Waals surface area contributed by atoms with Crippen LogP contribution in [0.5, 0.6) is 11.5 Å². The summed E-state index contributed by atoms with van der Waals surface area (Å²) >= 11 is 0. The first-order valence-electron chi connectivity index (χ1n) is 8.35. The van der Waals surface area contributed by atoms with Gasteiger partial charge in [0.15, 0.2) is 11.5 Å². The summed E-state index contributed by atoms with van der Waals surface area (Å²) in [6.07, 6.45) is 10.6. The van der Waals surface area contributed by atoms with Gasteiger partial charge in [-0.2, -0.15) is 0 Å². The molecule has 1 unspecified atom stereocenters. The summed E-state index contributed by atoms with van der Waals surface area (Å²) in [7, 11) is 3.41. The standard InChI is InChI=1S/C19H27NO2/c1-4-8-16-15-12-18(22-3)17(21-2)11-14(15)13-19(20-16)9-6-5-7-10-19/h4,11-12,16,20H,1,5-10,13H2,2-3H3. The maximum Gasteiger partial charge on any atom is 0.161 e. The second kappa shape index (κ2) is 6.33. The van der Waals surface area contributed by atoms with Crippen LogP contribution in [0.2, 0.25) is 0 Å². The van der Waals surface area contributed by atoms with Crippen LogP contribution < -0.4 is 14.8 Å². The van der Waals surface area contributed by atoms with Crippen molar-refractivity contribution in [2.75, 3.05) is 14.2 Å². The van der Waals surface area contributed by atoms with Gasteiger partial charge in [-0.1, -0.05) is 25.3 Å². The molecule has 120 valence electrons. The highest BCUT2D eigenvalue weighted by atomic mass is 16.5. The Hall–Kier alpha value is -1.48. The fourth-order valence-electron chi connectivity index (χ4n) is 4.18. The van der Waals surface area contributed by atoms with Gasteiger partial charge in [0.2, 0.25) is 0 Å². The molecule has 2 aliphatic rings. The van der Waals surface area contributed by atoms with Crippen molar-refractivity contribution in [3.05, 3.63) is 35.9 Å². The summed E-state index contributed by atoms with van der Waals surface area (Å²) in [5.74, 6) is 1.66. The van der Waals surface area contributed by atoms with Gasteiger partial charge >= 0.3 is 0 Å². The third kappa shape index (κ3) is 2.74. The number of benzene rings is 1. The minimum absolute atomic E-state index is 0.262. The third-order valence-corrected chi connectivity index (χ3v) is 5.24. The van der Waals surface area contributed by atoms with Crippen molar-refractivity contribution in [2.45, 2.75) is 56.5 Å². The van der Waals surface area contributed by atoms with Gasteiger partial charge in [0.05, 0.1) is 14.2 Å². The van der Waals surface area contributed by atoms with Crippen molar-refractivity contribution in [3.63, 3.8) is 0 Å². The Balaban J connectivity index is 2.02. The second-order valence-corrected chi connectivity index (χ2v) is 6.65. The van der Waals surface area contributed by atoms with Crippen LogP contribution in [0.4, 0.5) is 0 Å². The predicted molar refractivity (Wildman–Crippen MR) is 89.8 cm³/mol. The molecule has 0 amide bonds. The molecule has 1 aliphatic heterocycles. The molecule has 1 spiro atoms. The van der Waals surface area contributed by atoms with Crippen molar-refractivity contribution in [1.82, 2.24) is 5.32 Å². The monoisotopic (exact) mass is 301 g/mol. The van der Waals surface area contributed by atoms with E-state index in [1.54, 1.807) is 14.2 Å². The van der Waals surface area contributed by atoms with E-state index in [0.717, 1.165) is 24.3 Å². The lowest BCUT2D eigenvalue weighted by molar-refractivity contribution is 0.190. The van der Waals surface area contributed by atoms with Crippen LogP contribution >= 0.6 is 0 Å². The smallest absolute Gasteiger partial charge is 0.161 e. The molecule has 3 nitrogen and oxygen atoms in total. The van der Waals surface area contributed by atoms with Crippen LogP contribution in [0.25, 0.3) is 0 Å². The van der Waals surface area contributed by atoms with E-state index >= 15 is 0 Å². The zero-order valence-electron chi connectivity index (χ0n) is 13.8. The van der Waals surface area contributed by atoms with E-state index in [9.17, 15) is 0 Å². The van der Waals surface area contributed by atoms with Crippen molar-refractivity contribution >= 4 is 0 Å². The zero-order valence-corrected chi connectivity index (χ0v) is 13.8. The Morgan fingerprint density at radius 3 is 2.50 bits per heavy atom. The van der Waals surface area contributed by atoms with Gasteiger partial charge < -0.3 is 14.8 Å². The number of nitrogens with one attached hydrogen (secondary N) is 1. The minimum atomic E-state index is 0.262. The normalized spacial score (nSPS) is 22.9. The number of ether oxygens (including phenoxy) is 2. The molecule has 1 aromatic carbocycles. The highest BCUT2D eigenvalue weighted by Gasteiger charge is 2.39. The first-order chi connectivity index (χ1) is 10.7. The van der Waals surface area contributed by atoms with Crippen LogP contribution in [-0.4, -0.2) is 19.8 Å². The number of fused-ring (bicyclic) bond motifs is 1. The third-order valence-electron chi connectivity index (χ3n) is 5.24. The van der Waals surface area contributed by atoms with Crippen molar-refractivity contribution in [2.24, 2.45) is 0 Å². The molecule has 1 N–H and O–H groups in total. The zero-order chi connectivity index (χ0) is 15.6. The van der Waals surface area contributed by atoms with Gasteiger partial charge in [-0.25, -0.2) is 0 Å². The van der Waals surface area contributed by atoms with Crippen molar-refractivity contribution < 1.29 is 9.47 Å². The molecule has 1 saturated carbocycles. The van der Waals surface area contributed by atoms with E-state index in [1.165, 1.54) is 43.2 Å². The number of methoxy groups -OCH3 is 2. The van der Waals surface area contributed by atoms with E-state index in [2.05, 4.69) is 24.0 Å². The summed E-state index contributed by atoms with van der Waals surface area (Å²) < 4.78 is 11.0. The van der Waals surface area contributed by atoms with Gasteiger partial charge in [0.25, 0.3) is 0 Å². The Labute approximate surface area is 133 Å². The molecule has 3 heteroatoms. The summed E-state index contributed by atoms with van der Waals surface area (Å²) in [5.41, 5.74) is 3.01. The molecule has 1 aromatic rings. The average Bonchev–Trinajstić information content (AvgIpc) is 2.54. The molecule has 1 aliphatic carbocycles. The maximum atomic E-state index is 5.51. The van der Waals surface area contributed by atoms with Crippen LogP contribution in [-0.2, 0) is 6.42 Å². The highest BCUT2D eigenvalue weighted by Crippen LogP contribution is 2.43. The molecule has 1 fully saturated rings. The van der Waals surface area contributed by atoms with Crippen LogP contribution in [0.1, 0.15) is 55.7 Å². The molecular weight excluding hydrogens is 274 g/mol. The average molecular weight is 301 g/mol. The highest BCUT2D eigenvalue weighted by molar-refractivity contribution is 5.50. The Morgan fingerprint density at radius 1 is 1.18 bits per heavy atom. The molecule has 0 saturated heterocycles. The van der Waals surface area contributed by atoms with Crippen LogP contribution in [0.15, 0.2) is 24.8 Å². The fourth-order valence-corrected chi connectivity index (χ4v) is 4.18. The first kappa shape index (κ1) is 15.4. The van der Waals surface area contributed by atoms with E-state index < -0.39 is 0 Å². The van der Waals surface area contributed by atoms with Gasteiger partial charge in [0, 0.05) is 11.6 Å². The van der Waals surface area contributed by atoms with E-state index in [0.29, 0.717) is 6.04 Å². The van der Waals surface area contributed by atoms with Crippen LogP contribution in [0.3, 0.4) is 0 Å². The molecule has 22 heavy (non-hydrogen) atoms. The molecule has 0 radical (unpaired) electrons. The van der Waals surface area contributed by atoms with E-state index in [1.807, 2.05) is 6.08 Å². The minimum Gasteiger partial charge on any atom is -0.493 e. The Morgan fingerprint density at radius 2 is 1.86 bits per heavy atom. The molecule has 1 heterocycles. The van der Waals surface area contributed by atoms with Gasteiger partial charge in [-0.15, -0.1) is 6.58 Å². The lowest BCUT2D eigenvalue weighted by atomic mass is 9.72. The van der Waals surface area contributed by atoms with Gasteiger partial charge in [-0.05, 0) is 48.9 Å². The van der Waals surface area contributed by atoms with Crippen LogP contribution in [0, 0.1) is 0 Å². The lowest BCUT2D eigenvalue weighted by Crippen LogP contribution is -2.53. The molecule has 3 rings (SSSR count). The SMILES string of the molecule is C=CCC1NC2(CCCCC2)Cc2cc(OC)c(OC)cc21.